The summed E-state index contributed by atoms with van der Waals surface area (Å²) < 4.78 is 32.1. The second-order valence-corrected chi connectivity index (χ2v) is 7.30. The number of carbonyl (C=O) groups excluding carboxylic acids is 1. The summed E-state index contributed by atoms with van der Waals surface area (Å²) in [7, 11) is -3.90. The van der Waals surface area contributed by atoms with Gasteiger partial charge in [0.05, 0.1) is 17.5 Å². The second-order valence-electron chi connectivity index (χ2n) is 5.62. The molecule has 0 bridgehead atoms. The molecule has 24 heavy (non-hydrogen) atoms. The van der Waals surface area contributed by atoms with Gasteiger partial charge in [0.15, 0.2) is 0 Å². The van der Waals surface area contributed by atoms with Gasteiger partial charge in [0.25, 0.3) is 10.0 Å². The molecule has 1 aliphatic heterocycles. The molecule has 0 saturated carbocycles. The number of carbonyl (C=O) groups is 1. The predicted octanol–water partition coefficient (Wildman–Crippen LogP) is 2.51. The molecule has 1 unspecified atom stereocenters. The monoisotopic (exact) mass is 346 g/mol. The maximum Gasteiger partial charge on any atom is 0.329 e. The highest BCUT2D eigenvalue weighted by atomic mass is 32.2. The molecule has 1 heterocycles. The molecule has 1 atom stereocenters. The summed E-state index contributed by atoms with van der Waals surface area (Å²) in [6.45, 7) is 2.33. The predicted molar refractivity (Wildman–Crippen MR) is 89.3 cm³/mol. The van der Waals surface area contributed by atoms with E-state index in [1.165, 1.54) is 12.1 Å². The highest BCUT2D eigenvalue weighted by Crippen LogP contribution is 2.31. The minimum absolute atomic E-state index is 0.0515. The molecule has 2 amide bonds. The molecule has 126 valence electrons. The Morgan fingerprint density at radius 3 is 2.58 bits per heavy atom. The van der Waals surface area contributed by atoms with Gasteiger partial charge in [0.1, 0.15) is 5.75 Å². The highest BCUT2D eigenvalue weighted by molar-refractivity contribution is 7.90. The maximum absolute atomic E-state index is 12.2. The minimum Gasteiger partial charge on any atom is -0.493 e. The molecule has 0 aromatic heterocycles. The van der Waals surface area contributed by atoms with Crippen LogP contribution in [0.1, 0.15) is 23.6 Å². The highest BCUT2D eigenvalue weighted by Gasteiger charge is 2.25. The number of hydrogen-bond donors (Lipinski definition) is 2. The lowest BCUT2D eigenvalue weighted by Crippen LogP contribution is -2.42. The zero-order valence-electron chi connectivity index (χ0n) is 13.2. The van der Waals surface area contributed by atoms with Gasteiger partial charge in [-0.15, -0.1) is 0 Å². The summed E-state index contributed by atoms with van der Waals surface area (Å²) in [5, 5.41) is 2.70. The fraction of sp³-hybridized carbons (Fsp3) is 0.235. The van der Waals surface area contributed by atoms with Crippen molar-refractivity contribution in [3.05, 3.63) is 59.7 Å². The van der Waals surface area contributed by atoms with Crippen LogP contribution in [0.3, 0.4) is 0 Å². The van der Waals surface area contributed by atoms with Crippen LogP contribution in [-0.2, 0) is 10.0 Å². The Balaban J connectivity index is 1.71. The molecule has 0 fully saturated rings. The van der Waals surface area contributed by atoms with E-state index in [-0.39, 0.29) is 10.9 Å². The minimum atomic E-state index is -3.90. The normalized spacial score (nSPS) is 16.6. The summed E-state index contributed by atoms with van der Waals surface area (Å²) in [6.07, 6.45) is 0.578. The Hall–Kier alpha value is -2.54. The number of ether oxygens (including phenoxy) is 1. The average Bonchev–Trinajstić information content (AvgIpc) is 2.55. The molecule has 6 nitrogen and oxygen atoms in total. The van der Waals surface area contributed by atoms with Gasteiger partial charge in [0.2, 0.25) is 0 Å². The first-order valence-corrected chi connectivity index (χ1v) is 9.06. The Morgan fingerprint density at radius 2 is 1.83 bits per heavy atom. The standard InChI is InChI=1S/C17H18N2O4S/c1-12-6-8-13(9-7-12)24(21,22)19-17(20)18-15-10-11-23-16-5-3-2-4-14(15)16/h2-9,15H,10-11H2,1H3,(H2,18,19,20). The van der Waals surface area contributed by atoms with E-state index < -0.39 is 16.1 Å². The molecule has 2 aromatic rings. The first kappa shape index (κ1) is 16.3. The lowest BCUT2D eigenvalue weighted by atomic mass is 10.0. The lowest BCUT2D eigenvalue weighted by Gasteiger charge is -2.26. The van der Waals surface area contributed by atoms with Crippen molar-refractivity contribution in [2.24, 2.45) is 0 Å². The third kappa shape index (κ3) is 3.51. The van der Waals surface area contributed by atoms with Crippen LogP contribution >= 0.6 is 0 Å². The third-order valence-electron chi connectivity index (χ3n) is 3.82. The molecular weight excluding hydrogens is 328 g/mol. The van der Waals surface area contributed by atoms with Crippen molar-refractivity contribution >= 4 is 16.1 Å². The van der Waals surface area contributed by atoms with Gasteiger partial charge in [-0.25, -0.2) is 17.9 Å². The lowest BCUT2D eigenvalue weighted by molar-refractivity contribution is 0.227. The number of urea groups is 1. The summed E-state index contributed by atoms with van der Waals surface area (Å²) in [6, 6.07) is 12.6. The van der Waals surface area contributed by atoms with E-state index in [1.807, 2.05) is 31.2 Å². The van der Waals surface area contributed by atoms with Crippen molar-refractivity contribution in [2.45, 2.75) is 24.3 Å². The number of aryl methyl sites for hydroxylation is 1. The molecule has 7 heteroatoms. The van der Waals surface area contributed by atoms with Crippen molar-refractivity contribution in [1.29, 1.82) is 0 Å². The molecule has 0 aliphatic carbocycles. The van der Waals surface area contributed by atoms with Crippen molar-refractivity contribution in [3.63, 3.8) is 0 Å². The Kier molecular flexibility index (Phi) is 4.44. The quantitative estimate of drug-likeness (QED) is 0.894. The molecule has 2 aromatic carbocycles. The van der Waals surface area contributed by atoms with E-state index in [1.54, 1.807) is 12.1 Å². The van der Waals surface area contributed by atoms with Crippen molar-refractivity contribution in [3.8, 4) is 5.75 Å². The number of fused-ring (bicyclic) bond motifs is 1. The zero-order chi connectivity index (χ0) is 17.2. The SMILES string of the molecule is Cc1ccc(S(=O)(=O)NC(=O)NC2CCOc3ccccc32)cc1. The van der Waals surface area contributed by atoms with E-state index >= 15 is 0 Å². The van der Waals surface area contributed by atoms with Crippen molar-refractivity contribution in [1.82, 2.24) is 10.0 Å². The zero-order valence-corrected chi connectivity index (χ0v) is 14.0. The first-order valence-electron chi connectivity index (χ1n) is 7.57. The number of benzene rings is 2. The smallest absolute Gasteiger partial charge is 0.329 e. The summed E-state index contributed by atoms with van der Waals surface area (Å²) in [5.41, 5.74) is 1.78. The molecule has 1 aliphatic rings. The van der Waals surface area contributed by atoms with Crippen LogP contribution < -0.4 is 14.8 Å². The number of nitrogens with one attached hydrogen (secondary N) is 2. The van der Waals surface area contributed by atoms with Gasteiger partial charge in [-0.2, -0.15) is 0 Å². The summed E-state index contributed by atoms with van der Waals surface area (Å²) >= 11 is 0. The maximum atomic E-state index is 12.2. The van der Waals surface area contributed by atoms with Gasteiger partial charge in [-0.1, -0.05) is 35.9 Å². The van der Waals surface area contributed by atoms with E-state index in [9.17, 15) is 13.2 Å². The van der Waals surface area contributed by atoms with E-state index in [0.717, 1.165) is 11.1 Å². The molecule has 3 rings (SSSR count). The summed E-state index contributed by atoms with van der Waals surface area (Å²) in [5.74, 6) is 0.704. The average molecular weight is 346 g/mol. The van der Waals surface area contributed by atoms with Crippen LogP contribution in [0.15, 0.2) is 53.4 Å². The first-order chi connectivity index (χ1) is 11.5. The number of para-hydroxylation sites is 1. The van der Waals surface area contributed by atoms with Crippen LogP contribution in [0.5, 0.6) is 5.75 Å². The van der Waals surface area contributed by atoms with Gasteiger partial charge < -0.3 is 10.1 Å². The van der Waals surface area contributed by atoms with Crippen molar-refractivity contribution < 1.29 is 17.9 Å². The van der Waals surface area contributed by atoms with Gasteiger partial charge in [0, 0.05) is 12.0 Å². The van der Waals surface area contributed by atoms with Crippen LogP contribution in [0.2, 0.25) is 0 Å². The van der Waals surface area contributed by atoms with E-state index in [2.05, 4.69) is 10.0 Å². The third-order valence-corrected chi connectivity index (χ3v) is 5.17. The largest absolute Gasteiger partial charge is 0.493 e. The molecule has 0 radical (unpaired) electrons. The van der Waals surface area contributed by atoms with E-state index in [4.69, 9.17) is 4.74 Å². The fourth-order valence-corrected chi connectivity index (χ4v) is 3.49. The van der Waals surface area contributed by atoms with Crippen LogP contribution in [0.4, 0.5) is 4.79 Å². The van der Waals surface area contributed by atoms with Crippen molar-refractivity contribution in [2.75, 3.05) is 6.61 Å². The topological polar surface area (TPSA) is 84.5 Å². The molecular formula is C17H18N2O4S. The van der Waals surface area contributed by atoms with E-state index in [0.29, 0.717) is 18.8 Å². The number of hydrogen-bond acceptors (Lipinski definition) is 4. The number of rotatable bonds is 3. The van der Waals surface area contributed by atoms with Gasteiger partial charge >= 0.3 is 6.03 Å². The van der Waals surface area contributed by atoms with Gasteiger partial charge in [-0.05, 0) is 25.1 Å². The van der Waals surface area contributed by atoms with Crippen LogP contribution in [-0.4, -0.2) is 21.1 Å². The molecule has 0 saturated heterocycles. The molecule has 0 spiro atoms. The number of amides is 2. The summed E-state index contributed by atoms with van der Waals surface area (Å²) in [4.78, 5) is 12.2. The Morgan fingerprint density at radius 1 is 1.12 bits per heavy atom. The molecule has 2 N–H and O–H groups in total. The fourth-order valence-electron chi connectivity index (χ4n) is 2.58. The Labute approximate surface area is 140 Å². The Bertz CT molecular complexity index is 847. The van der Waals surface area contributed by atoms with Crippen LogP contribution in [0, 0.1) is 6.92 Å². The van der Waals surface area contributed by atoms with Crippen LogP contribution in [0.25, 0.3) is 0 Å². The number of sulfonamides is 1. The second kappa shape index (κ2) is 6.52. The van der Waals surface area contributed by atoms with Gasteiger partial charge in [-0.3, -0.25) is 0 Å².